The lowest BCUT2D eigenvalue weighted by Gasteiger charge is -2.30. The molecule has 0 aromatic carbocycles. The molecule has 0 unspecified atom stereocenters. The largest absolute Gasteiger partial charge is 0.488 e. The van der Waals surface area contributed by atoms with Crippen molar-refractivity contribution in [1.29, 1.82) is 0 Å². The first-order valence-corrected chi connectivity index (χ1v) is 7.09. The summed E-state index contributed by atoms with van der Waals surface area (Å²) in [6.07, 6.45) is 1.34. The average molecular weight is 305 g/mol. The molecule has 0 N–H and O–H groups in total. The maximum atomic E-state index is 12.8. The highest BCUT2D eigenvalue weighted by Gasteiger charge is 2.40. The molecule has 1 heterocycles. The topological polar surface area (TPSA) is 81.5 Å². The average Bonchev–Trinajstić information content (AvgIpc) is 2.81. The Balaban J connectivity index is 2.70. The van der Waals surface area contributed by atoms with Crippen LogP contribution in [-0.4, -0.2) is 44.8 Å². The molecule has 2 rings (SSSR count). The molecule has 0 atom stereocenters. The number of hydrogen-bond acceptors (Lipinski definition) is 5. The Kier molecular flexibility index (Phi) is 4.16. The van der Waals surface area contributed by atoms with Crippen LogP contribution in [0, 0.1) is 0 Å². The van der Waals surface area contributed by atoms with Crippen LogP contribution in [0.15, 0.2) is 17.7 Å². The molecule has 1 aromatic heterocycles. The minimum atomic E-state index is -0.432. The highest BCUT2D eigenvalue weighted by molar-refractivity contribution is 6.26. The fourth-order valence-electron chi connectivity index (χ4n) is 2.60. The second kappa shape index (κ2) is 5.75. The fourth-order valence-corrected chi connectivity index (χ4v) is 2.60. The third kappa shape index (κ3) is 2.32. The highest BCUT2D eigenvalue weighted by Crippen LogP contribution is 2.30. The SMILES string of the molecule is CCOC1=C(N(C(C)=O)C(C)C)C(=O)c2cnn(C)c2C1=O. The van der Waals surface area contributed by atoms with Crippen LogP contribution in [-0.2, 0) is 16.6 Å². The van der Waals surface area contributed by atoms with Gasteiger partial charge < -0.3 is 9.64 Å². The summed E-state index contributed by atoms with van der Waals surface area (Å²) in [5, 5.41) is 3.97. The van der Waals surface area contributed by atoms with Crippen molar-refractivity contribution in [2.45, 2.75) is 33.7 Å². The monoisotopic (exact) mass is 305 g/mol. The Bertz CT molecular complexity index is 685. The van der Waals surface area contributed by atoms with Gasteiger partial charge in [-0.2, -0.15) is 5.10 Å². The van der Waals surface area contributed by atoms with E-state index in [9.17, 15) is 14.4 Å². The standard InChI is InChI=1S/C15H19N3O4/c1-6-22-15-12(18(8(2)3)9(4)19)13(20)10-7-16-17(5)11(10)14(15)21/h7-8H,6H2,1-5H3. The predicted molar refractivity (Wildman–Crippen MR) is 78.2 cm³/mol. The number of hydrogen-bond donors (Lipinski definition) is 0. The molecule has 118 valence electrons. The van der Waals surface area contributed by atoms with Crippen LogP contribution in [0.2, 0.25) is 0 Å². The van der Waals surface area contributed by atoms with Gasteiger partial charge in [-0.15, -0.1) is 0 Å². The van der Waals surface area contributed by atoms with Gasteiger partial charge in [0.15, 0.2) is 5.76 Å². The molecule has 1 amide bonds. The molecular weight excluding hydrogens is 286 g/mol. The molecule has 0 fully saturated rings. The number of fused-ring (bicyclic) bond motifs is 1. The van der Waals surface area contributed by atoms with Gasteiger partial charge in [0.2, 0.25) is 17.5 Å². The molecule has 0 saturated heterocycles. The summed E-state index contributed by atoms with van der Waals surface area (Å²) >= 11 is 0. The van der Waals surface area contributed by atoms with Gasteiger partial charge in [-0.1, -0.05) is 0 Å². The lowest BCUT2D eigenvalue weighted by atomic mass is 9.95. The van der Waals surface area contributed by atoms with Crippen molar-refractivity contribution in [3.8, 4) is 0 Å². The fraction of sp³-hybridized carbons (Fsp3) is 0.467. The zero-order valence-electron chi connectivity index (χ0n) is 13.3. The van der Waals surface area contributed by atoms with Crippen molar-refractivity contribution in [3.63, 3.8) is 0 Å². The number of aryl methyl sites for hydroxylation is 1. The van der Waals surface area contributed by atoms with Crippen LogP contribution in [0.4, 0.5) is 0 Å². The first-order chi connectivity index (χ1) is 10.3. The summed E-state index contributed by atoms with van der Waals surface area (Å²) in [6.45, 7) is 6.83. The first kappa shape index (κ1) is 15.9. The van der Waals surface area contributed by atoms with Crippen molar-refractivity contribution in [1.82, 2.24) is 14.7 Å². The third-order valence-electron chi connectivity index (χ3n) is 3.42. The van der Waals surface area contributed by atoms with Crippen LogP contribution < -0.4 is 0 Å². The van der Waals surface area contributed by atoms with Gasteiger partial charge in [-0.25, -0.2) is 0 Å². The second-order valence-corrected chi connectivity index (χ2v) is 5.28. The van der Waals surface area contributed by atoms with E-state index in [2.05, 4.69) is 5.10 Å². The van der Waals surface area contributed by atoms with Crippen molar-refractivity contribution >= 4 is 17.5 Å². The maximum absolute atomic E-state index is 12.8. The minimum absolute atomic E-state index is 0.00477. The summed E-state index contributed by atoms with van der Waals surface area (Å²) in [6, 6.07) is -0.280. The van der Waals surface area contributed by atoms with E-state index in [-0.39, 0.29) is 41.3 Å². The third-order valence-corrected chi connectivity index (χ3v) is 3.42. The van der Waals surface area contributed by atoms with Gasteiger partial charge in [-0.05, 0) is 20.8 Å². The van der Waals surface area contributed by atoms with E-state index in [0.717, 1.165) is 0 Å². The van der Waals surface area contributed by atoms with Crippen molar-refractivity contribution in [2.24, 2.45) is 7.05 Å². The molecule has 1 aliphatic rings. The van der Waals surface area contributed by atoms with Gasteiger partial charge in [0.1, 0.15) is 11.4 Å². The summed E-state index contributed by atoms with van der Waals surface area (Å²) in [7, 11) is 1.59. The van der Waals surface area contributed by atoms with Crippen LogP contribution in [0.1, 0.15) is 48.5 Å². The normalized spacial score (nSPS) is 14.5. The van der Waals surface area contributed by atoms with Crippen LogP contribution in [0.25, 0.3) is 0 Å². The predicted octanol–water partition coefficient (Wildman–Crippen LogP) is 1.30. The van der Waals surface area contributed by atoms with Crippen molar-refractivity contribution in [2.75, 3.05) is 6.61 Å². The quantitative estimate of drug-likeness (QED) is 0.837. The van der Waals surface area contributed by atoms with E-state index in [1.54, 1.807) is 27.8 Å². The number of carbonyl (C=O) groups excluding carboxylic acids is 3. The number of rotatable bonds is 4. The lowest BCUT2D eigenvalue weighted by molar-refractivity contribution is -0.128. The minimum Gasteiger partial charge on any atom is -0.488 e. The van der Waals surface area contributed by atoms with E-state index in [0.29, 0.717) is 0 Å². The second-order valence-electron chi connectivity index (χ2n) is 5.28. The molecule has 1 aromatic rings. The maximum Gasteiger partial charge on any atom is 0.248 e. The van der Waals surface area contributed by atoms with Gasteiger partial charge in [0, 0.05) is 20.0 Å². The number of ether oxygens (including phenoxy) is 1. The molecule has 0 spiro atoms. The summed E-state index contributed by atoms with van der Waals surface area (Å²) in [5.41, 5.74) is 0.372. The Morgan fingerprint density at radius 1 is 1.36 bits per heavy atom. The first-order valence-electron chi connectivity index (χ1n) is 7.09. The number of amides is 1. The number of ketones is 2. The van der Waals surface area contributed by atoms with Crippen LogP contribution in [0.5, 0.6) is 0 Å². The van der Waals surface area contributed by atoms with Crippen LogP contribution in [0.3, 0.4) is 0 Å². The lowest BCUT2D eigenvalue weighted by Crippen LogP contribution is -2.41. The molecule has 0 aliphatic heterocycles. The molecule has 7 nitrogen and oxygen atoms in total. The van der Waals surface area contributed by atoms with Gasteiger partial charge in [0.25, 0.3) is 0 Å². The van der Waals surface area contributed by atoms with E-state index >= 15 is 0 Å². The number of aromatic nitrogens is 2. The Hall–Kier alpha value is -2.44. The molecule has 22 heavy (non-hydrogen) atoms. The Morgan fingerprint density at radius 3 is 2.50 bits per heavy atom. The van der Waals surface area contributed by atoms with E-state index in [1.165, 1.54) is 22.7 Å². The van der Waals surface area contributed by atoms with Gasteiger partial charge >= 0.3 is 0 Å². The smallest absolute Gasteiger partial charge is 0.248 e. The van der Waals surface area contributed by atoms with Crippen molar-refractivity contribution < 1.29 is 19.1 Å². The number of carbonyl (C=O) groups is 3. The summed E-state index contributed by atoms with van der Waals surface area (Å²) < 4.78 is 6.76. The summed E-state index contributed by atoms with van der Waals surface area (Å²) in [5.74, 6) is -1.27. The van der Waals surface area contributed by atoms with Gasteiger partial charge in [0.05, 0.1) is 18.4 Å². The zero-order valence-corrected chi connectivity index (χ0v) is 13.3. The number of nitrogens with zero attached hydrogens (tertiary/aromatic N) is 3. The highest BCUT2D eigenvalue weighted by atomic mass is 16.5. The molecule has 1 aliphatic carbocycles. The molecule has 0 bridgehead atoms. The van der Waals surface area contributed by atoms with E-state index in [4.69, 9.17) is 4.74 Å². The van der Waals surface area contributed by atoms with Gasteiger partial charge in [-0.3, -0.25) is 19.1 Å². The molecular formula is C15H19N3O4. The number of Topliss-reactive ketones (excluding diaryl/α,β-unsaturated/α-hetero) is 2. The zero-order chi connectivity index (χ0) is 16.6. The van der Waals surface area contributed by atoms with E-state index < -0.39 is 11.6 Å². The Labute approximate surface area is 128 Å². The van der Waals surface area contributed by atoms with Crippen molar-refractivity contribution in [3.05, 3.63) is 28.9 Å². The molecule has 0 radical (unpaired) electrons. The van der Waals surface area contributed by atoms with Crippen LogP contribution >= 0.6 is 0 Å². The molecule has 7 heteroatoms. The molecule has 0 saturated carbocycles. The summed E-state index contributed by atoms with van der Waals surface area (Å²) in [4.78, 5) is 38.7. The van der Waals surface area contributed by atoms with E-state index in [1.807, 2.05) is 0 Å². The number of allylic oxidation sites excluding steroid dienone is 2. The Morgan fingerprint density at radius 2 is 2.00 bits per heavy atom.